The molecule has 0 fully saturated rings. The van der Waals surface area contributed by atoms with Crippen LogP contribution in [0.3, 0.4) is 0 Å². The summed E-state index contributed by atoms with van der Waals surface area (Å²) in [6.07, 6.45) is 7.04. The van der Waals surface area contributed by atoms with E-state index in [9.17, 15) is 4.79 Å². The van der Waals surface area contributed by atoms with E-state index in [-0.39, 0.29) is 11.7 Å². The summed E-state index contributed by atoms with van der Waals surface area (Å²) in [7, 11) is 1.97. The van der Waals surface area contributed by atoms with E-state index in [2.05, 4.69) is 22.2 Å². The van der Waals surface area contributed by atoms with E-state index in [1.165, 1.54) is 0 Å². The van der Waals surface area contributed by atoms with Gasteiger partial charge in [-0.1, -0.05) is 0 Å². The van der Waals surface area contributed by atoms with Crippen LogP contribution < -0.4 is 11.0 Å². The fourth-order valence-corrected chi connectivity index (χ4v) is 2.35. The second kappa shape index (κ2) is 5.32. The van der Waals surface area contributed by atoms with Crippen molar-refractivity contribution in [2.24, 2.45) is 7.05 Å². The minimum absolute atomic E-state index is 0.103. The summed E-state index contributed by atoms with van der Waals surface area (Å²) in [4.78, 5) is 18.5. The van der Waals surface area contributed by atoms with Gasteiger partial charge in [-0.3, -0.25) is 4.57 Å². The SMILES string of the molecule is CC(Nc1ccc(-n2cc[nH]c2=O)cc1)c1nccn1C. The van der Waals surface area contributed by atoms with Crippen molar-refractivity contribution < 1.29 is 0 Å². The van der Waals surface area contributed by atoms with Gasteiger partial charge in [0.15, 0.2) is 0 Å². The molecule has 1 atom stereocenters. The molecule has 1 unspecified atom stereocenters. The molecule has 0 aliphatic heterocycles. The van der Waals surface area contributed by atoms with Crippen molar-refractivity contribution in [3.63, 3.8) is 0 Å². The molecule has 1 aromatic carbocycles. The highest BCUT2D eigenvalue weighted by Crippen LogP contribution is 2.18. The number of H-pyrrole nitrogens is 1. The van der Waals surface area contributed by atoms with Crippen LogP contribution in [-0.4, -0.2) is 19.1 Å². The molecule has 2 aromatic heterocycles. The van der Waals surface area contributed by atoms with Crippen LogP contribution in [0.1, 0.15) is 18.8 Å². The second-order valence-electron chi connectivity index (χ2n) is 4.94. The summed E-state index contributed by atoms with van der Waals surface area (Å²) in [6.45, 7) is 2.06. The molecule has 0 radical (unpaired) electrons. The van der Waals surface area contributed by atoms with Gasteiger partial charge in [0.1, 0.15) is 5.82 Å². The monoisotopic (exact) mass is 283 g/mol. The third-order valence-electron chi connectivity index (χ3n) is 3.42. The smallest absolute Gasteiger partial charge is 0.330 e. The van der Waals surface area contributed by atoms with E-state index in [0.717, 1.165) is 17.2 Å². The number of aryl methyl sites for hydroxylation is 1. The van der Waals surface area contributed by atoms with Crippen molar-refractivity contribution in [3.05, 3.63) is 65.4 Å². The second-order valence-corrected chi connectivity index (χ2v) is 4.94. The van der Waals surface area contributed by atoms with Gasteiger partial charge >= 0.3 is 5.69 Å². The van der Waals surface area contributed by atoms with Gasteiger partial charge in [-0.25, -0.2) is 9.78 Å². The van der Waals surface area contributed by atoms with Gasteiger partial charge in [0.25, 0.3) is 0 Å². The lowest BCUT2D eigenvalue weighted by molar-refractivity contribution is 0.721. The zero-order chi connectivity index (χ0) is 14.8. The summed E-state index contributed by atoms with van der Waals surface area (Å²) in [5.41, 5.74) is 1.67. The number of hydrogen-bond acceptors (Lipinski definition) is 3. The number of benzene rings is 1. The van der Waals surface area contributed by atoms with Crippen molar-refractivity contribution >= 4 is 5.69 Å². The fourth-order valence-electron chi connectivity index (χ4n) is 2.35. The van der Waals surface area contributed by atoms with Gasteiger partial charge < -0.3 is 14.9 Å². The average Bonchev–Trinajstić information content (AvgIpc) is 3.08. The van der Waals surface area contributed by atoms with Crippen LogP contribution in [-0.2, 0) is 7.05 Å². The third-order valence-corrected chi connectivity index (χ3v) is 3.42. The molecule has 21 heavy (non-hydrogen) atoms. The Morgan fingerprint density at radius 3 is 2.57 bits per heavy atom. The van der Waals surface area contributed by atoms with Crippen molar-refractivity contribution in [2.45, 2.75) is 13.0 Å². The quantitative estimate of drug-likeness (QED) is 0.770. The molecule has 2 N–H and O–H groups in total. The van der Waals surface area contributed by atoms with Crippen LogP contribution in [0.2, 0.25) is 0 Å². The van der Waals surface area contributed by atoms with Crippen LogP contribution >= 0.6 is 0 Å². The Kier molecular flexibility index (Phi) is 3.35. The number of hydrogen-bond donors (Lipinski definition) is 2. The minimum atomic E-state index is -0.142. The van der Waals surface area contributed by atoms with Gasteiger partial charge in [0.2, 0.25) is 0 Å². The average molecular weight is 283 g/mol. The largest absolute Gasteiger partial charge is 0.375 e. The van der Waals surface area contributed by atoms with Crippen molar-refractivity contribution in [3.8, 4) is 5.69 Å². The van der Waals surface area contributed by atoms with Gasteiger partial charge in [-0.2, -0.15) is 0 Å². The van der Waals surface area contributed by atoms with E-state index in [1.807, 2.05) is 42.1 Å². The molecule has 0 saturated heterocycles. The van der Waals surface area contributed by atoms with Crippen LogP contribution in [0, 0.1) is 0 Å². The van der Waals surface area contributed by atoms with Crippen LogP contribution in [0.5, 0.6) is 0 Å². The lowest BCUT2D eigenvalue weighted by Gasteiger charge is -2.15. The van der Waals surface area contributed by atoms with Gasteiger partial charge in [-0.15, -0.1) is 0 Å². The number of imidazole rings is 2. The lowest BCUT2D eigenvalue weighted by Crippen LogP contribution is -2.14. The molecule has 108 valence electrons. The highest BCUT2D eigenvalue weighted by molar-refractivity contribution is 5.49. The highest BCUT2D eigenvalue weighted by Gasteiger charge is 2.10. The number of aromatic amines is 1. The Morgan fingerprint density at radius 2 is 2.00 bits per heavy atom. The Morgan fingerprint density at radius 1 is 1.24 bits per heavy atom. The van der Waals surface area contributed by atoms with E-state index in [0.29, 0.717) is 0 Å². The highest BCUT2D eigenvalue weighted by atomic mass is 16.1. The molecule has 6 nitrogen and oxygen atoms in total. The summed E-state index contributed by atoms with van der Waals surface area (Å²) >= 11 is 0. The Bertz CT molecular complexity index is 781. The normalized spacial score (nSPS) is 12.3. The molecular weight excluding hydrogens is 266 g/mol. The zero-order valence-corrected chi connectivity index (χ0v) is 11.9. The number of nitrogens with zero attached hydrogens (tertiary/aromatic N) is 3. The molecular formula is C15H17N5O. The van der Waals surface area contributed by atoms with Crippen LogP contribution in [0.25, 0.3) is 5.69 Å². The van der Waals surface area contributed by atoms with E-state index >= 15 is 0 Å². The molecule has 2 heterocycles. The van der Waals surface area contributed by atoms with Crippen LogP contribution in [0.4, 0.5) is 5.69 Å². The van der Waals surface area contributed by atoms with Crippen LogP contribution in [0.15, 0.2) is 53.8 Å². The maximum absolute atomic E-state index is 11.6. The Hall–Kier alpha value is -2.76. The number of anilines is 1. The third kappa shape index (κ3) is 2.60. The predicted molar refractivity (Wildman–Crippen MR) is 81.6 cm³/mol. The standard InChI is InChI=1S/C15H17N5O/c1-11(14-16-7-9-19(14)2)18-12-3-5-13(6-4-12)20-10-8-17-15(20)21/h3-11,18H,1-2H3,(H,17,21). The van der Waals surface area contributed by atoms with E-state index in [1.54, 1.807) is 23.2 Å². The molecule has 0 bridgehead atoms. The van der Waals surface area contributed by atoms with Gasteiger partial charge in [0, 0.05) is 37.5 Å². The molecule has 0 aliphatic rings. The summed E-state index contributed by atoms with van der Waals surface area (Å²) in [5, 5.41) is 3.39. The first-order valence-electron chi connectivity index (χ1n) is 6.75. The minimum Gasteiger partial charge on any atom is -0.375 e. The lowest BCUT2D eigenvalue weighted by atomic mass is 10.2. The molecule has 6 heteroatoms. The zero-order valence-electron chi connectivity index (χ0n) is 11.9. The fraction of sp³-hybridized carbons (Fsp3) is 0.200. The molecule has 3 aromatic rings. The summed E-state index contributed by atoms with van der Waals surface area (Å²) in [6, 6.07) is 7.82. The summed E-state index contributed by atoms with van der Waals surface area (Å²) in [5.74, 6) is 0.973. The first kappa shape index (κ1) is 13.2. The molecule has 3 rings (SSSR count). The van der Waals surface area contributed by atoms with Gasteiger partial charge in [-0.05, 0) is 31.2 Å². The maximum Gasteiger partial charge on any atom is 0.330 e. The topological polar surface area (TPSA) is 67.6 Å². The Labute approximate surface area is 122 Å². The number of aromatic nitrogens is 4. The van der Waals surface area contributed by atoms with Crippen molar-refractivity contribution in [1.82, 2.24) is 19.1 Å². The molecule has 0 amide bonds. The predicted octanol–water partition coefficient (Wildman–Crippen LogP) is 2.07. The number of rotatable bonds is 4. The summed E-state index contributed by atoms with van der Waals surface area (Å²) < 4.78 is 3.55. The maximum atomic E-state index is 11.6. The molecule has 0 spiro atoms. The molecule has 0 saturated carbocycles. The van der Waals surface area contributed by atoms with Crippen molar-refractivity contribution in [2.75, 3.05) is 5.32 Å². The first-order valence-corrected chi connectivity index (χ1v) is 6.75. The molecule has 0 aliphatic carbocycles. The van der Waals surface area contributed by atoms with E-state index < -0.39 is 0 Å². The van der Waals surface area contributed by atoms with Gasteiger partial charge in [0.05, 0.1) is 11.7 Å². The van der Waals surface area contributed by atoms with E-state index in [4.69, 9.17) is 0 Å². The number of nitrogens with one attached hydrogen (secondary N) is 2. The Balaban J connectivity index is 1.78. The van der Waals surface area contributed by atoms with Crippen molar-refractivity contribution in [1.29, 1.82) is 0 Å². The first-order chi connectivity index (χ1) is 10.1.